The van der Waals surface area contributed by atoms with Crippen LogP contribution in [-0.4, -0.2) is 4.57 Å². The fourth-order valence-corrected chi connectivity index (χ4v) is 4.90. The summed E-state index contributed by atoms with van der Waals surface area (Å²) in [5.41, 5.74) is 1.42. The summed E-state index contributed by atoms with van der Waals surface area (Å²) in [5, 5.41) is 0. The Morgan fingerprint density at radius 3 is 1.70 bits per heavy atom. The quantitative estimate of drug-likeness (QED) is 0.132. The SMILES string of the molecule is CCCCCCCCCCCCn1cc[n+](CCCCCCCCC)c1Cc1ccccc1. The molecule has 0 unspecified atom stereocenters. The van der Waals surface area contributed by atoms with Crippen molar-refractivity contribution < 1.29 is 4.57 Å². The second-order valence-corrected chi connectivity index (χ2v) is 10.1. The molecule has 1 aromatic heterocycles. The summed E-state index contributed by atoms with van der Waals surface area (Å²) in [6.45, 7) is 6.93. The van der Waals surface area contributed by atoms with E-state index in [9.17, 15) is 0 Å². The average Bonchev–Trinajstić information content (AvgIpc) is 3.21. The highest BCUT2D eigenvalue weighted by Crippen LogP contribution is 2.13. The molecule has 2 aromatic rings. The van der Waals surface area contributed by atoms with Crippen molar-refractivity contribution in [3.05, 3.63) is 54.1 Å². The predicted molar refractivity (Wildman–Crippen MR) is 144 cm³/mol. The summed E-state index contributed by atoms with van der Waals surface area (Å²) >= 11 is 0. The first-order valence-electron chi connectivity index (χ1n) is 14.5. The van der Waals surface area contributed by atoms with E-state index < -0.39 is 0 Å². The molecular weight excluding hydrogens is 400 g/mol. The van der Waals surface area contributed by atoms with E-state index in [1.165, 1.54) is 134 Å². The van der Waals surface area contributed by atoms with Crippen molar-refractivity contribution in [3.63, 3.8) is 0 Å². The van der Waals surface area contributed by atoms with Gasteiger partial charge in [-0.25, -0.2) is 9.13 Å². The van der Waals surface area contributed by atoms with Crippen molar-refractivity contribution in [1.29, 1.82) is 0 Å². The summed E-state index contributed by atoms with van der Waals surface area (Å²) in [5.74, 6) is 1.49. The zero-order chi connectivity index (χ0) is 23.4. The summed E-state index contributed by atoms with van der Waals surface area (Å²) in [6.07, 6.45) is 29.4. The molecule has 2 nitrogen and oxygen atoms in total. The monoisotopic (exact) mass is 453 g/mol. The first-order chi connectivity index (χ1) is 16.3. The van der Waals surface area contributed by atoms with Crippen LogP contribution in [0.3, 0.4) is 0 Å². The molecule has 1 aromatic carbocycles. The number of unbranched alkanes of at least 4 members (excludes halogenated alkanes) is 15. The second-order valence-electron chi connectivity index (χ2n) is 10.1. The van der Waals surface area contributed by atoms with Gasteiger partial charge in [-0.1, -0.05) is 128 Å². The minimum atomic E-state index is 1.04. The van der Waals surface area contributed by atoms with Gasteiger partial charge in [-0.3, -0.25) is 0 Å². The molecule has 0 bridgehead atoms. The van der Waals surface area contributed by atoms with Crippen LogP contribution >= 0.6 is 0 Å². The van der Waals surface area contributed by atoms with Crippen LogP contribution in [0.25, 0.3) is 0 Å². The molecule has 0 saturated heterocycles. The zero-order valence-electron chi connectivity index (χ0n) is 22.1. The Labute approximate surface area is 205 Å². The van der Waals surface area contributed by atoms with Crippen molar-refractivity contribution in [1.82, 2.24) is 4.57 Å². The van der Waals surface area contributed by atoms with Crippen molar-refractivity contribution >= 4 is 0 Å². The number of hydrogen-bond donors (Lipinski definition) is 0. The van der Waals surface area contributed by atoms with Crippen LogP contribution in [0.4, 0.5) is 0 Å². The number of rotatable bonds is 21. The van der Waals surface area contributed by atoms with E-state index in [-0.39, 0.29) is 0 Å². The Kier molecular flexibility index (Phi) is 15.8. The van der Waals surface area contributed by atoms with Gasteiger partial charge in [-0.05, 0) is 31.2 Å². The zero-order valence-corrected chi connectivity index (χ0v) is 22.1. The number of aryl methyl sites for hydroxylation is 2. The van der Waals surface area contributed by atoms with E-state index >= 15 is 0 Å². The number of nitrogens with zero attached hydrogens (tertiary/aromatic N) is 2. The first kappa shape index (κ1) is 27.7. The maximum atomic E-state index is 2.54. The molecular formula is C31H53N2+. The van der Waals surface area contributed by atoms with Crippen LogP contribution in [0.2, 0.25) is 0 Å². The molecule has 2 heteroatoms. The average molecular weight is 454 g/mol. The van der Waals surface area contributed by atoms with E-state index in [2.05, 4.69) is 65.7 Å². The molecule has 0 amide bonds. The van der Waals surface area contributed by atoms with Gasteiger partial charge >= 0.3 is 0 Å². The van der Waals surface area contributed by atoms with Gasteiger partial charge in [0.2, 0.25) is 0 Å². The first-order valence-corrected chi connectivity index (χ1v) is 14.5. The van der Waals surface area contributed by atoms with Crippen LogP contribution in [0.5, 0.6) is 0 Å². The van der Waals surface area contributed by atoms with Crippen molar-refractivity contribution in [2.24, 2.45) is 0 Å². The molecule has 0 radical (unpaired) electrons. The lowest BCUT2D eigenvalue weighted by molar-refractivity contribution is -0.703. The van der Waals surface area contributed by atoms with Crippen LogP contribution in [0.1, 0.15) is 134 Å². The number of hydrogen-bond acceptors (Lipinski definition) is 0. The Morgan fingerprint density at radius 2 is 1.12 bits per heavy atom. The molecule has 33 heavy (non-hydrogen) atoms. The van der Waals surface area contributed by atoms with Gasteiger partial charge in [0.15, 0.2) is 0 Å². The fourth-order valence-electron chi connectivity index (χ4n) is 4.90. The number of aromatic nitrogens is 2. The van der Waals surface area contributed by atoms with E-state index in [1.807, 2.05) is 0 Å². The van der Waals surface area contributed by atoms with Crippen LogP contribution < -0.4 is 4.57 Å². The molecule has 0 spiro atoms. The van der Waals surface area contributed by atoms with E-state index in [4.69, 9.17) is 0 Å². The highest BCUT2D eigenvalue weighted by atomic mass is 15.1. The molecule has 0 fully saturated rings. The maximum Gasteiger partial charge on any atom is 0.260 e. The normalized spacial score (nSPS) is 11.3. The maximum absolute atomic E-state index is 2.54. The van der Waals surface area contributed by atoms with Crippen LogP contribution in [0.15, 0.2) is 42.7 Å². The van der Waals surface area contributed by atoms with Crippen LogP contribution in [0, 0.1) is 0 Å². The highest BCUT2D eigenvalue weighted by Gasteiger charge is 2.17. The van der Waals surface area contributed by atoms with E-state index in [0.717, 1.165) is 6.42 Å². The minimum absolute atomic E-state index is 1.04. The fraction of sp³-hybridized carbons (Fsp3) is 0.710. The molecule has 1 heterocycles. The lowest BCUT2D eigenvalue weighted by Gasteiger charge is -2.07. The Hall–Kier alpha value is -1.57. The third-order valence-corrected chi connectivity index (χ3v) is 7.05. The molecule has 0 aliphatic heterocycles. The van der Waals surface area contributed by atoms with Gasteiger partial charge in [-0.2, -0.15) is 0 Å². The third-order valence-electron chi connectivity index (χ3n) is 7.05. The van der Waals surface area contributed by atoms with Crippen molar-refractivity contribution in [2.45, 2.75) is 143 Å². The lowest BCUT2D eigenvalue weighted by Crippen LogP contribution is -2.37. The molecule has 186 valence electrons. The Morgan fingerprint density at radius 1 is 0.606 bits per heavy atom. The largest absolute Gasteiger partial charge is 0.260 e. The standard InChI is InChI=1S/C31H53N2/c1-3-5-7-9-11-12-13-15-17-22-26-33-28-27-32(25-21-16-14-10-8-6-4-2)31(33)29-30-23-19-18-20-24-30/h18-20,23-24,27-28H,3-17,21-22,25-26,29H2,1-2H3/q+1. The summed E-state index contributed by atoms with van der Waals surface area (Å²) in [6, 6.07) is 11.0. The Bertz CT molecular complexity index is 688. The molecule has 0 saturated carbocycles. The van der Waals surface area contributed by atoms with Gasteiger partial charge in [0.05, 0.1) is 19.5 Å². The van der Waals surface area contributed by atoms with E-state index in [1.54, 1.807) is 0 Å². The molecule has 0 aliphatic carbocycles. The van der Waals surface area contributed by atoms with Crippen LogP contribution in [-0.2, 0) is 19.5 Å². The molecule has 0 N–H and O–H groups in total. The van der Waals surface area contributed by atoms with Crippen molar-refractivity contribution in [2.75, 3.05) is 0 Å². The molecule has 2 rings (SSSR count). The summed E-state index contributed by atoms with van der Waals surface area (Å²) in [4.78, 5) is 0. The van der Waals surface area contributed by atoms with Gasteiger partial charge in [0, 0.05) is 0 Å². The van der Waals surface area contributed by atoms with Gasteiger partial charge in [-0.15, -0.1) is 0 Å². The second kappa shape index (κ2) is 18.8. The predicted octanol–water partition coefficient (Wildman–Crippen LogP) is 9.04. The number of imidazole rings is 1. The van der Waals surface area contributed by atoms with Gasteiger partial charge in [0.1, 0.15) is 12.4 Å². The van der Waals surface area contributed by atoms with E-state index in [0.29, 0.717) is 0 Å². The Balaban J connectivity index is 1.75. The molecule has 0 aliphatic rings. The third kappa shape index (κ3) is 12.5. The van der Waals surface area contributed by atoms with Crippen molar-refractivity contribution in [3.8, 4) is 0 Å². The topological polar surface area (TPSA) is 8.81 Å². The molecule has 0 atom stereocenters. The van der Waals surface area contributed by atoms with Gasteiger partial charge < -0.3 is 0 Å². The summed E-state index contributed by atoms with van der Waals surface area (Å²) < 4.78 is 5.08. The smallest absolute Gasteiger partial charge is 0.234 e. The highest BCUT2D eigenvalue weighted by molar-refractivity contribution is 5.18. The van der Waals surface area contributed by atoms with Gasteiger partial charge in [0.25, 0.3) is 5.82 Å². The lowest BCUT2D eigenvalue weighted by atomic mass is 10.1. The summed E-state index contributed by atoms with van der Waals surface area (Å²) in [7, 11) is 0. The number of benzene rings is 1. The minimum Gasteiger partial charge on any atom is -0.234 e.